The molecule has 0 bridgehead atoms. The number of rotatable bonds is 4. The van der Waals surface area contributed by atoms with E-state index in [9.17, 15) is 13.6 Å². The van der Waals surface area contributed by atoms with Crippen molar-refractivity contribution < 1.29 is 8.78 Å². The van der Waals surface area contributed by atoms with Gasteiger partial charge in [-0.1, -0.05) is 23.7 Å². The molecule has 2 heterocycles. The van der Waals surface area contributed by atoms with Crippen molar-refractivity contribution >= 4 is 34.0 Å². The Balaban J connectivity index is 1.93. The maximum Gasteiger partial charge on any atom is 0.251 e. The van der Waals surface area contributed by atoms with Gasteiger partial charge in [0.2, 0.25) is 0 Å². The number of hydrogen-bond donors (Lipinski definition) is 1. The summed E-state index contributed by atoms with van der Waals surface area (Å²) < 4.78 is 28.1. The molecule has 0 aliphatic heterocycles. The summed E-state index contributed by atoms with van der Waals surface area (Å²) in [6, 6.07) is 15.2. The van der Waals surface area contributed by atoms with E-state index in [0.717, 1.165) is 11.8 Å². The number of fused-ring (bicyclic) bond motifs is 1. The Labute approximate surface area is 170 Å². The summed E-state index contributed by atoms with van der Waals surface area (Å²) in [6.45, 7) is 1.87. The molecule has 0 atom stereocenters. The average Bonchev–Trinajstić information content (AvgIpc) is 2.72. The quantitative estimate of drug-likeness (QED) is 0.482. The third kappa shape index (κ3) is 3.59. The van der Waals surface area contributed by atoms with Crippen molar-refractivity contribution in [1.82, 2.24) is 9.97 Å². The van der Waals surface area contributed by atoms with E-state index >= 15 is 0 Å². The molecule has 0 saturated heterocycles. The van der Waals surface area contributed by atoms with E-state index in [1.54, 1.807) is 31.3 Å². The molecule has 29 heavy (non-hydrogen) atoms. The Morgan fingerprint density at radius 2 is 1.93 bits per heavy atom. The van der Waals surface area contributed by atoms with Crippen LogP contribution in [0.25, 0.3) is 10.9 Å². The van der Waals surface area contributed by atoms with E-state index in [1.165, 1.54) is 6.07 Å². The van der Waals surface area contributed by atoms with Crippen LogP contribution >= 0.6 is 11.6 Å². The van der Waals surface area contributed by atoms with Gasteiger partial charge in [0.05, 0.1) is 12.1 Å². The fourth-order valence-electron chi connectivity index (χ4n) is 3.29. The first-order chi connectivity index (χ1) is 14.0. The minimum absolute atomic E-state index is 0.150. The number of halogens is 3. The minimum Gasteiger partial charge on any atom is -0.322 e. The van der Waals surface area contributed by atoms with Gasteiger partial charge in [0.1, 0.15) is 5.82 Å². The summed E-state index contributed by atoms with van der Waals surface area (Å²) in [6.07, 6.45) is 1.66. The smallest absolute Gasteiger partial charge is 0.251 e. The molecule has 0 aliphatic rings. The lowest BCUT2D eigenvalue weighted by Crippen LogP contribution is -2.22. The Hall–Kier alpha value is -3.25. The largest absolute Gasteiger partial charge is 0.322 e. The molecular formula is C22H16ClF2N3O. The van der Waals surface area contributed by atoms with Gasteiger partial charge in [-0.25, -0.2) is 13.8 Å². The van der Waals surface area contributed by atoms with Crippen LogP contribution in [-0.2, 0) is 6.54 Å². The van der Waals surface area contributed by atoms with E-state index < -0.39 is 17.2 Å². The summed E-state index contributed by atoms with van der Waals surface area (Å²) >= 11 is 6.18. The van der Waals surface area contributed by atoms with Crippen LogP contribution in [0.3, 0.4) is 0 Å². The van der Waals surface area contributed by atoms with Crippen molar-refractivity contribution in [2.24, 2.45) is 0 Å². The number of benzene rings is 2. The monoisotopic (exact) mass is 411 g/mol. The summed E-state index contributed by atoms with van der Waals surface area (Å²) in [5, 5.41) is 0.980. The molecule has 0 saturated carbocycles. The normalized spacial score (nSPS) is 11.0. The number of pyridine rings is 2. The molecule has 2 aromatic heterocycles. The van der Waals surface area contributed by atoms with Crippen LogP contribution < -0.4 is 10.5 Å². The first-order valence-electron chi connectivity index (χ1n) is 8.89. The standard InChI is InChI=1S/C22H16ClF2N3O/c1-13-17(16-8-9-18(24)20(25)21(16)27-22(13)29)12-28(19-7-2-3-10-26-19)15-6-4-5-14(23)11-15/h2-11H,12H2,1H3,(H,27,29). The van der Waals surface area contributed by atoms with Crippen LogP contribution in [0.1, 0.15) is 11.1 Å². The topological polar surface area (TPSA) is 49.0 Å². The van der Waals surface area contributed by atoms with Crippen molar-refractivity contribution in [3.8, 4) is 0 Å². The van der Waals surface area contributed by atoms with Gasteiger partial charge in [-0.2, -0.15) is 0 Å². The van der Waals surface area contributed by atoms with Gasteiger partial charge in [0.25, 0.3) is 5.56 Å². The number of H-pyrrole nitrogens is 1. The molecule has 0 radical (unpaired) electrons. The zero-order valence-corrected chi connectivity index (χ0v) is 16.2. The van der Waals surface area contributed by atoms with E-state index in [-0.39, 0.29) is 12.1 Å². The van der Waals surface area contributed by atoms with Gasteiger partial charge < -0.3 is 9.88 Å². The SMILES string of the molecule is Cc1c(CN(c2cccc(Cl)c2)c2ccccn2)c2ccc(F)c(F)c2[nH]c1=O. The van der Waals surface area contributed by atoms with Crippen molar-refractivity contribution in [3.63, 3.8) is 0 Å². The van der Waals surface area contributed by atoms with Crippen molar-refractivity contribution in [3.05, 3.63) is 98.9 Å². The van der Waals surface area contributed by atoms with E-state index in [1.807, 2.05) is 29.2 Å². The Kier molecular flexibility index (Phi) is 5.03. The van der Waals surface area contributed by atoms with Crippen LogP contribution in [0, 0.1) is 18.6 Å². The van der Waals surface area contributed by atoms with Gasteiger partial charge in [-0.15, -0.1) is 0 Å². The number of nitrogens with zero attached hydrogens (tertiary/aromatic N) is 2. The van der Waals surface area contributed by atoms with Crippen LogP contribution in [-0.4, -0.2) is 9.97 Å². The fraction of sp³-hybridized carbons (Fsp3) is 0.0909. The van der Waals surface area contributed by atoms with Gasteiger partial charge in [0, 0.05) is 27.9 Å². The first-order valence-corrected chi connectivity index (χ1v) is 9.27. The Bertz CT molecular complexity index is 1260. The molecule has 146 valence electrons. The molecule has 4 nitrogen and oxygen atoms in total. The fourth-order valence-corrected chi connectivity index (χ4v) is 3.48. The highest BCUT2D eigenvalue weighted by atomic mass is 35.5. The average molecular weight is 412 g/mol. The number of aromatic amines is 1. The molecule has 2 aromatic carbocycles. The van der Waals surface area contributed by atoms with Gasteiger partial charge in [0.15, 0.2) is 11.6 Å². The lowest BCUT2D eigenvalue weighted by molar-refractivity contribution is 0.515. The van der Waals surface area contributed by atoms with E-state index in [4.69, 9.17) is 11.6 Å². The highest BCUT2D eigenvalue weighted by molar-refractivity contribution is 6.30. The van der Waals surface area contributed by atoms with Gasteiger partial charge in [-0.3, -0.25) is 4.79 Å². The predicted molar refractivity (Wildman–Crippen MR) is 111 cm³/mol. The molecular weight excluding hydrogens is 396 g/mol. The van der Waals surface area contributed by atoms with Crippen molar-refractivity contribution in [2.45, 2.75) is 13.5 Å². The van der Waals surface area contributed by atoms with Gasteiger partial charge in [-0.05, 0) is 55.0 Å². The molecule has 0 unspecified atom stereocenters. The second-order valence-electron chi connectivity index (χ2n) is 6.60. The number of nitrogens with one attached hydrogen (secondary N) is 1. The highest BCUT2D eigenvalue weighted by Crippen LogP contribution is 2.31. The number of anilines is 2. The van der Waals surface area contributed by atoms with Crippen LogP contribution in [0.2, 0.25) is 5.02 Å². The third-order valence-electron chi connectivity index (χ3n) is 4.81. The summed E-state index contributed by atoms with van der Waals surface area (Å²) in [7, 11) is 0. The Morgan fingerprint density at radius 1 is 1.10 bits per heavy atom. The molecule has 4 rings (SSSR count). The maximum atomic E-state index is 14.3. The molecule has 0 aliphatic carbocycles. The van der Waals surface area contributed by atoms with E-state index in [2.05, 4.69) is 9.97 Å². The molecule has 7 heteroatoms. The second kappa shape index (κ2) is 7.64. The zero-order valence-electron chi connectivity index (χ0n) is 15.4. The van der Waals surface area contributed by atoms with Crippen LogP contribution in [0.4, 0.5) is 20.3 Å². The summed E-state index contributed by atoms with van der Waals surface area (Å²) in [5.41, 5.74) is 1.14. The van der Waals surface area contributed by atoms with Gasteiger partial charge >= 0.3 is 0 Å². The Morgan fingerprint density at radius 3 is 2.66 bits per heavy atom. The molecule has 1 N–H and O–H groups in total. The van der Waals surface area contributed by atoms with Crippen LogP contribution in [0.15, 0.2) is 65.6 Å². The highest BCUT2D eigenvalue weighted by Gasteiger charge is 2.19. The summed E-state index contributed by atoms with van der Waals surface area (Å²) in [5.74, 6) is -1.46. The predicted octanol–water partition coefficient (Wildman–Crippen LogP) is 5.50. The zero-order chi connectivity index (χ0) is 20.5. The lowest BCUT2D eigenvalue weighted by Gasteiger charge is -2.25. The number of hydrogen-bond acceptors (Lipinski definition) is 3. The third-order valence-corrected chi connectivity index (χ3v) is 5.05. The minimum atomic E-state index is -1.08. The lowest BCUT2D eigenvalue weighted by atomic mass is 10.0. The number of aromatic nitrogens is 2. The summed E-state index contributed by atoms with van der Waals surface area (Å²) in [4.78, 5) is 21.1. The second-order valence-corrected chi connectivity index (χ2v) is 7.03. The van der Waals surface area contributed by atoms with E-state index in [0.29, 0.717) is 27.4 Å². The first kappa shape index (κ1) is 19.1. The molecule has 0 spiro atoms. The van der Waals surface area contributed by atoms with Crippen molar-refractivity contribution in [2.75, 3.05) is 4.90 Å². The molecule has 0 amide bonds. The molecule has 4 aromatic rings. The van der Waals surface area contributed by atoms with Crippen molar-refractivity contribution in [1.29, 1.82) is 0 Å². The molecule has 0 fully saturated rings. The van der Waals surface area contributed by atoms with Crippen LogP contribution in [0.5, 0.6) is 0 Å². The maximum absolute atomic E-state index is 14.3.